The van der Waals surface area contributed by atoms with Gasteiger partial charge in [0.15, 0.2) is 6.29 Å². The van der Waals surface area contributed by atoms with E-state index in [1.165, 1.54) is 4.31 Å². The standard InChI is InChI=1S/C33H45N3O7S/c1-21(2)17-36(44(39,40)25-11-9-24(10-12-25)33(34-3)13-14-33)18-29(37)28(15-22-7-5-4-6-8-22)35-32(38)43-30-23-16-26-27(30)20-42-31(26)41-19-23/h4-12,21,23,26-31,34,37H,13-20H2,1-3H3,(H,35,38). The van der Waals surface area contributed by atoms with Gasteiger partial charge in [0.05, 0.1) is 30.3 Å². The van der Waals surface area contributed by atoms with Crippen molar-refractivity contribution in [2.45, 2.75) is 74.5 Å². The fourth-order valence-electron chi connectivity index (χ4n) is 7.23. The van der Waals surface area contributed by atoms with Crippen LogP contribution < -0.4 is 10.6 Å². The Bertz CT molecular complexity index is 1400. The quantitative estimate of drug-likeness (QED) is 0.309. The van der Waals surface area contributed by atoms with E-state index in [2.05, 4.69) is 10.6 Å². The smallest absolute Gasteiger partial charge is 0.407 e. The molecule has 6 rings (SSSR count). The molecule has 4 aliphatic rings. The van der Waals surface area contributed by atoms with Crippen molar-refractivity contribution in [2.24, 2.45) is 23.7 Å². The van der Waals surface area contributed by atoms with Crippen LogP contribution in [0.15, 0.2) is 59.5 Å². The first-order chi connectivity index (χ1) is 21.1. The Labute approximate surface area is 260 Å². The number of ether oxygens (including phenoxy) is 3. The van der Waals surface area contributed by atoms with Gasteiger partial charge in [-0.1, -0.05) is 56.3 Å². The zero-order valence-electron chi connectivity index (χ0n) is 25.7. The number of nitrogens with one attached hydrogen (secondary N) is 2. The third-order valence-corrected chi connectivity index (χ3v) is 11.7. The Balaban J connectivity index is 1.18. The van der Waals surface area contributed by atoms with Crippen LogP contribution in [0.5, 0.6) is 0 Å². The molecule has 44 heavy (non-hydrogen) atoms. The number of rotatable bonds is 13. The highest BCUT2D eigenvalue weighted by Crippen LogP contribution is 2.49. The summed E-state index contributed by atoms with van der Waals surface area (Å²) in [5.74, 6) is 0.461. The van der Waals surface area contributed by atoms with E-state index < -0.39 is 28.3 Å². The molecule has 2 saturated carbocycles. The highest BCUT2D eigenvalue weighted by Gasteiger charge is 2.56. The molecule has 0 spiro atoms. The van der Waals surface area contributed by atoms with Crippen LogP contribution in [0.4, 0.5) is 4.79 Å². The molecule has 2 aromatic carbocycles. The first-order valence-electron chi connectivity index (χ1n) is 15.8. The van der Waals surface area contributed by atoms with Crippen LogP contribution in [0.3, 0.4) is 0 Å². The number of carbonyl (C=O) groups is 1. The van der Waals surface area contributed by atoms with Crippen LogP contribution in [0.1, 0.15) is 44.2 Å². The molecule has 4 fully saturated rings. The Morgan fingerprint density at radius 3 is 2.41 bits per heavy atom. The molecule has 1 amide bonds. The Morgan fingerprint density at radius 1 is 1.05 bits per heavy atom. The summed E-state index contributed by atoms with van der Waals surface area (Å²) in [7, 11) is -2.01. The molecule has 2 aliphatic carbocycles. The van der Waals surface area contributed by atoms with Gasteiger partial charge in [0.25, 0.3) is 0 Å². The number of nitrogens with zero attached hydrogens (tertiary/aromatic N) is 1. The van der Waals surface area contributed by atoms with Crippen molar-refractivity contribution in [3.63, 3.8) is 0 Å². The van der Waals surface area contributed by atoms with Crippen molar-refractivity contribution in [3.8, 4) is 0 Å². The molecule has 3 N–H and O–H groups in total. The van der Waals surface area contributed by atoms with Crippen LogP contribution in [0.2, 0.25) is 0 Å². The second kappa shape index (κ2) is 12.7. The summed E-state index contributed by atoms with van der Waals surface area (Å²) in [4.78, 5) is 13.5. The summed E-state index contributed by atoms with van der Waals surface area (Å²) in [6.45, 7) is 4.91. The van der Waals surface area contributed by atoms with Gasteiger partial charge in [-0.2, -0.15) is 4.31 Å². The lowest BCUT2D eigenvalue weighted by Crippen LogP contribution is -2.52. The highest BCUT2D eigenvalue weighted by atomic mass is 32.2. The number of alkyl carbamates (subject to hydrolysis) is 1. The van der Waals surface area contributed by atoms with E-state index in [1.54, 1.807) is 12.1 Å². The molecule has 2 aliphatic heterocycles. The van der Waals surface area contributed by atoms with E-state index in [0.717, 1.165) is 30.4 Å². The first-order valence-corrected chi connectivity index (χ1v) is 17.3. The molecule has 2 aromatic rings. The summed E-state index contributed by atoms with van der Waals surface area (Å²) in [6, 6.07) is 15.8. The molecular weight excluding hydrogens is 582 g/mol. The van der Waals surface area contributed by atoms with E-state index >= 15 is 0 Å². The van der Waals surface area contributed by atoms with E-state index in [4.69, 9.17) is 14.2 Å². The maximum absolute atomic E-state index is 13.9. The Hall–Kier alpha value is -2.54. The molecule has 2 saturated heterocycles. The Morgan fingerprint density at radius 2 is 1.75 bits per heavy atom. The molecule has 2 bridgehead atoms. The fourth-order valence-corrected chi connectivity index (χ4v) is 8.85. The minimum atomic E-state index is -3.93. The molecule has 11 heteroatoms. The van der Waals surface area contributed by atoms with Gasteiger partial charge < -0.3 is 30.0 Å². The second-order valence-corrected chi connectivity index (χ2v) is 15.2. The van der Waals surface area contributed by atoms with Gasteiger partial charge in [-0.05, 0) is 61.9 Å². The topological polar surface area (TPSA) is 126 Å². The van der Waals surface area contributed by atoms with Gasteiger partial charge in [-0.25, -0.2) is 13.2 Å². The van der Waals surface area contributed by atoms with Gasteiger partial charge in [0.2, 0.25) is 10.0 Å². The largest absolute Gasteiger partial charge is 0.445 e. The zero-order chi connectivity index (χ0) is 31.1. The van der Waals surface area contributed by atoms with Crippen molar-refractivity contribution in [2.75, 3.05) is 33.4 Å². The number of benzene rings is 2. The third kappa shape index (κ3) is 6.41. The fraction of sp³-hybridized carbons (Fsp3) is 0.606. The van der Waals surface area contributed by atoms with E-state index in [0.29, 0.717) is 19.6 Å². The molecule has 7 atom stereocenters. The number of fused-ring (bicyclic) bond motifs is 1. The molecule has 10 nitrogen and oxygen atoms in total. The molecular formula is C33H45N3O7S. The van der Waals surface area contributed by atoms with Crippen LogP contribution in [-0.4, -0.2) is 81.8 Å². The van der Waals surface area contributed by atoms with E-state index in [9.17, 15) is 18.3 Å². The van der Waals surface area contributed by atoms with Crippen molar-refractivity contribution in [1.29, 1.82) is 0 Å². The van der Waals surface area contributed by atoms with Gasteiger partial charge >= 0.3 is 6.09 Å². The monoisotopic (exact) mass is 627 g/mol. The molecule has 2 heterocycles. The lowest BCUT2D eigenvalue weighted by molar-refractivity contribution is -0.169. The number of hydrogen-bond acceptors (Lipinski definition) is 8. The average molecular weight is 628 g/mol. The number of sulfonamides is 1. The highest BCUT2D eigenvalue weighted by molar-refractivity contribution is 7.89. The number of hydrogen-bond donors (Lipinski definition) is 3. The van der Waals surface area contributed by atoms with Crippen molar-refractivity contribution in [3.05, 3.63) is 65.7 Å². The van der Waals surface area contributed by atoms with Crippen LogP contribution in [-0.2, 0) is 36.2 Å². The minimum absolute atomic E-state index is 0.0159. The normalized spacial score (nSPS) is 28.2. The van der Waals surface area contributed by atoms with Crippen molar-refractivity contribution < 1.29 is 32.5 Å². The minimum Gasteiger partial charge on any atom is -0.445 e. The van der Waals surface area contributed by atoms with Gasteiger partial charge in [-0.3, -0.25) is 0 Å². The van der Waals surface area contributed by atoms with E-state index in [1.807, 2.05) is 63.4 Å². The van der Waals surface area contributed by atoms with Crippen LogP contribution in [0.25, 0.3) is 0 Å². The summed E-state index contributed by atoms with van der Waals surface area (Å²) < 4.78 is 46.7. The predicted octanol–water partition coefficient (Wildman–Crippen LogP) is 3.25. The van der Waals surface area contributed by atoms with Crippen molar-refractivity contribution in [1.82, 2.24) is 14.9 Å². The molecule has 7 unspecified atom stereocenters. The summed E-state index contributed by atoms with van der Waals surface area (Å²) >= 11 is 0. The van der Waals surface area contributed by atoms with Crippen LogP contribution >= 0.6 is 0 Å². The SMILES string of the molecule is CNC1(c2ccc(S(=O)(=O)N(CC(C)C)CC(O)C(Cc3ccccc3)NC(=O)OC3C4COC5OCC3C5C4)cc2)CC1. The van der Waals surface area contributed by atoms with Crippen LogP contribution in [0, 0.1) is 23.7 Å². The predicted molar refractivity (Wildman–Crippen MR) is 164 cm³/mol. The first kappa shape index (κ1) is 31.4. The van der Waals surface area contributed by atoms with Gasteiger partial charge in [0, 0.05) is 36.4 Å². The van der Waals surface area contributed by atoms with E-state index in [-0.39, 0.29) is 59.6 Å². The summed E-state index contributed by atoms with van der Waals surface area (Å²) in [5, 5.41) is 17.8. The zero-order valence-corrected chi connectivity index (χ0v) is 26.5. The molecule has 240 valence electrons. The molecule has 0 radical (unpaired) electrons. The van der Waals surface area contributed by atoms with Gasteiger partial charge in [-0.15, -0.1) is 0 Å². The van der Waals surface area contributed by atoms with Crippen molar-refractivity contribution >= 4 is 16.1 Å². The molecule has 0 aromatic heterocycles. The average Bonchev–Trinajstić information content (AvgIpc) is 3.63. The summed E-state index contributed by atoms with van der Waals surface area (Å²) in [6.07, 6.45) is 0.890. The number of aliphatic hydroxyl groups excluding tert-OH is 1. The maximum Gasteiger partial charge on any atom is 0.407 e. The number of carbonyl (C=O) groups excluding carboxylic acids is 1. The second-order valence-electron chi connectivity index (χ2n) is 13.3. The van der Waals surface area contributed by atoms with Gasteiger partial charge in [0.1, 0.15) is 6.10 Å². The lowest BCUT2D eigenvalue weighted by Gasteiger charge is -2.31. The lowest BCUT2D eigenvalue weighted by atomic mass is 9.98. The number of amides is 1. The number of aliphatic hydroxyl groups is 1. The Kier molecular flexibility index (Phi) is 9.07. The third-order valence-electron chi connectivity index (χ3n) is 9.83. The summed E-state index contributed by atoms with van der Waals surface area (Å²) in [5.41, 5.74) is 1.90. The maximum atomic E-state index is 13.9.